The van der Waals surface area contributed by atoms with Gasteiger partial charge in [-0.1, -0.05) is 65.8 Å². The molecule has 0 saturated carbocycles. The van der Waals surface area contributed by atoms with Crippen molar-refractivity contribution in [2.45, 2.75) is 16.2 Å². The molecule has 8 heteroatoms. The first-order valence-corrected chi connectivity index (χ1v) is 13.3. The topological polar surface area (TPSA) is 75.8 Å². The SMILES string of the molecule is CN(C)CCC=C1c2ccccc2Sc2ccc(Cl)cc21.Cl.Nc1ccc(C(=O)Oc2ccccc2)c(O)c1. The average molecular weight is 582 g/mol. The Morgan fingerprint density at radius 2 is 1.64 bits per heavy atom. The Morgan fingerprint density at radius 3 is 2.36 bits per heavy atom. The lowest BCUT2D eigenvalue weighted by atomic mass is 9.96. The summed E-state index contributed by atoms with van der Waals surface area (Å²) >= 11 is 8.03. The van der Waals surface area contributed by atoms with E-state index in [1.54, 1.807) is 24.3 Å². The molecule has 0 amide bonds. The Morgan fingerprint density at radius 1 is 0.949 bits per heavy atom. The van der Waals surface area contributed by atoms with Crippen LogP contribution < -0.4 is 10.5 Å². The predicted octanol–water partition coefficient (Wildman–Crippen LogP) is 7.80. The molecule has 0 radical (unpaired) electrons. The summed E-state index contributed by atoms with van der Waals surface area (Å²) in [4.78, 5) is 16.5. The van der Waals surface area contributed by atoms with Crippen LogP contribution in [0.15, 0.2) is 107 Å². The van der Waals surface area contributed by atoms with Gasteiger partial charge in [-0.2, -0.15) is 0 Å². The molecule has 0 bridgehead atoms. The number of phenols is 1. The highest BCUT2D eigenvalue weighted by Crippen LogP contribution is 2.46. The number of halogens is 2. The van der Waals surface area contributed by atoms with Gasteiger partial charge in [0, 0.05) is 33.1 Å². The number of nitrogens with zero attached hydrogens (tertiary/aromatic N) is 1. The maximum absolute atomic E-state index is 11.7. The number of nitrogen functional groups attached to an aromatic ring is 1. The molecular weight excluding hydrogens is 551 g/mol. The van der Waals surface area contributed by atoms with Gasteiger partial charge in [-0.3, -0.25) is 0 Å². The lowest BCUT2D eigenvalue weighted by Crippen LogP contribution is -2.12. The average Bonchev–Trinajstić information content (AvgIpc) is 2.89. The minimum absolute atomic E-state index is 0. The molecule has 202 valence electrons. The number of benzene rings is 4. The number of phenolic OH excluding ortho intramolecular Hbond substituents is 1. The molecule has 4 aromatic carbocycles. The molecule has 1 heterocycles. The first-order chi connectivity index (χ1) is 18.3. The summed E-state index contributed by atoms with van der Waals surface area (Å²) in [7, 11) is 4.21. The number of ether oxygens (including phenoxy) is 1. The Labute approximate surface area is 244 Å². The lowest BCUT2D eigenvalue weighted by molar-refractivity contribution is 0.0731. The summed E-state index contributed by atoms with van der Waals surface area (Å²) in [5.74, 6) is -0.381. The molecule has 0 aromatic heterocycles. The van der Waals surface area contributed by atoms with E-state index in [-0.39, 0.29) is 23.7 Å². The van der Waals surface area contributed by atoms with Crippen LogP contribution in [0, 0.1) is 0 Å². The third-order valence-electron chi connectivity index (χ3n) is 5.75. The number of para-hydroxylation sites is 1. The summed E-state index contributed by atoms with van der Waals surface area (Å²) in [5, 5.41) is 10.4. The van der Waals surface area contributed by atoms with Crippen LogP contribution in [0.3, 0.4) is 0 Å². The standard InChI is InChI=1S/C18H18ClNS.C13H11NO3.ClH/c1-20(2)11-5-7-14-15-6-3-4-8-17(15)21-18-10-9-13(19)12-16(14)18;14-9-6-7-11(12(15)8-9)13(16)17-10-4-2-1-3-5-10;/h3-4,6-10,12H,5,11H2,1-2H3;1-8,15H,14H2;1H. The van der Waals surface area contributed by atoms with E-state index in [4.69, 9.17) is 22.1 Å². The number of esters is 1. The molecule has 0 spiro atoms. The predicted molar refractivity (Wildman–Crippen MR) is 163 cm³/mol. The second-order valence-corrected chi connectivity index (χ2v) is 10.4. The first kappa shape index (κ1) is 30.1. The molecular formula is C31H30Cl2N2O3S. The van der Waals surface area contributed by atoms with Crippen LogP contribution in [-0.2, 0) is 0 Å². The molecule has 4 aromatic rings. The van der Waals surface area contributed by atoms with Crippen LogP contribution in [0.1, 0.15) is 27.9 Å². The molecule has 0 fully saturated rings. The van der Waals surface area contributed by atoms with Crippen LogP contribution in [0.2, 0.25) is 5.02 Å². The van der Waals surface area contributed by atoms with Gasteiger partial charge >= 0.3 is 5.97 Å². The van der Waals surface area contributed by atoms with Gasteiger partial charge in [0.1, 0.15) is 17.1 Å². The maximum atomic E-state index is 11.7. The minimum atomic E-state index is -0.617. The highest BCUT2D eigenvalue weighted by Gasteiger charge is 2.20. The van der Waals surface area contributed by atoms with E-state index >= 15 is 0 Å². The molecule has 1 aliphatic heterocycles. The van der Waals surface area contributed by atoms with Gasteiger partial charge in [-0.15, -0.1) is 12.4 Å². The van der Waals surface area contributed by atoms with Crippen LogP contribution in [0.5, 0.6) is 11.5 Å². The number of anilines is 1. The van der Waals surface area contributed by atoms with Crippen LogP contribution in [-0.4, -0.2) is 36.6 Å². The zero-order chi connectivity index (χ0) is 27.1. The van der Waals surface area contributed by atoms with E-state index in [9.17, 15) is 9.90 Å². The van der Waals surface area contributed by atoms with Crippen molar-refractivity contribution in [2.24, 2.45) is 0 Å². The monoisotopic (exact) mass is 580 g/mol. The molecule has 0 unspecified atom stereocenters. The Balaban J connectivity index is 0.000000215. The van der Waals surface area contributed by atoms with Crippen molar-refractivity contribution >= 4 is 53.0 Å². The van der Waals surface area contributed by atoms with Crippen LogP contribution in [0.4, 0.5) is 5.69 Å². The minimum Gasteiger partial charge on any atom is -0.507 e. The van der Waals surface area contributed by atoms with E-state index in [1.807, 2.05) is 23.9 Å². The van der Waals surface area contributed by atoms with Gasteiger partial charge < -0.3 is 20.5 Å². The van der Waals surface area contributed by atoms with Crippen molar-refractivity contribution in [3.8, 4) is 11.5 Å². The third-order valence-corrected chi connectivity index (χ3v) is 7.14. The Hall–Kier alpha value is -3.42. The van der Waals surface area contributed by atoms with Crippen molar-refractivity contribution < 1.29 is 14.6 Å². The highest BCUT2D eigenvalue weighted by atomic mass is 35.5. The maximum Gasteiger partial charge on any atom is 0.347 e. The quantitative estimate of drug-likeness (QED) is 0.125. The summed E-state index contributed by atoms with van der Waals surface area (Å²) < 4.78 is 5.08. The molecule has 3 N–H and O–H groups in total. The number of hydrogen-bond donors (Lipinski definition) is 2. The van der Waals surface area contributed by atoms with E-state index in [1.165, 1.54) is 44.7 Å². The van der Waals surface area contributed by atoms with Crippen molar-refractivity contribution in [1.29, 1.82) is 0 Å². The van der Waals surface area contributed by atoms with Crippen LogP contribution in [0.25, 0.3) is 5.57 Å². The fraction of sp³-hybridized carbons (Fsp3) is 0.129. The number of carbonyl (C=O) groups is 1. The van der Waals surface area contributed by atoms with Gasteiger partial charge in [0.2, 0.25) is 0 Å². The molecule has 0 atom stereocenters. The zero-order valence-corrected chi connectivity index (χ0v) is 24.0. The van der Waals surface area contributed by atoms with E-state index in [2.05, 4.69) is 61.5 Å². The molecule has 5 nitrogen and oxygen atoms in total. The third kappa shape index (κ3) is 8.04. The van der Waals surface area contributed by atoms with Crippen molar-refractivity contribution in [2.75, 3.05) is 26.4 Å². The molecule has 0 saturated heterocycles. The summed E-state index contributed by atoms with van der Waals surface area (Å²) in [6, 6.07) is 27.7. The number of aromatic hydroxyl groups is 1. The largest absolute Gasteiger partial charge is 0.507 e. The fourth-order valence-corrected chi connectivity index (χ4v) is 5.16. The summed E-state index contributed by atoms with van der Waals surface area (Å²) in [5.41, 5.74) is 9.82. The Kier molecular flexibility index (Phi) is 10.9. The van der Waals surface area contributed by atoms with Crippen molar-refractivity contribution in [3.05, 3.63) is 119 Å². The van der Waals surface area contributed by atoms with E-state index < -0.39 is 5.97 Å². The summed E-state index contributed by atoms with van der Waals surface area (Å²) in [6.07, 6.45) is 3.38. The van der Waals surface area contributed by atoms with Gasteiger partial charge in [0.15, 0.2) is 0 Å². The highest BCUT2D eigenvalue weighted by molar-refractivity contribution is 7.99. The molecule has 1 aliphatic rings. The van der Waals surface area contributed by atoms with E-state index in [0.29, 0.717) is 11.4 Å². The number of hydrogen-bond acceptors (Lipinski definition) is 6. The fourth-order valence-electron chi connectivity index (χ4n) is 3.90. The van der Waals surface area contributed by atoms with Crippen molar-refractivity contribution in [1.82, 2.24) is 4.90 Å². The number of nitrogens with two attached hydrogens (primary N) is 1. The Bertz CT molecular complexity index is 1460. The molecule has 39 heavy (non-hydrogen) atoms. The van der Waals surface area contributed by atoms with Gasteiger partial charge in [-0.05, 0) is 85.7 Å². The summed E-state index contributed by atoms with van der Waals surface area (Å²) in [6.45, 7) is 1.05. The second-order valence-electron chi connectivity index (χ2n) is 8.93. The normalized spacial score (nSPS) is 12.5. The zero-order valence-electron chi connectivity index (χ0n) is 21.6. The van der Waals surface area contributed by atoms with Crippen LogP contribution >= 0.6 is 35.8 Å². The van der Waals surface area contributed by atoms with Crippen molar-refractivity contribution in [3.63, 3.8) is 0 Å². The smallest absolute Gasteiger partial charge is 0.347 e. The molecule has 0 aliphatic carbocycles. The number of fused-ring (bicyclic) bond motifs is 2. The van der Waals surface area contributed by atoms with E-state index in [0.717, 1.165) is 18.0 Å². The second kappa shape index (κ2) is 14.1. The lowest BCUT2D eigenvalue weighted by Gasteiger charge is -2.22. The number of rotatable bonds is 5. The van der Waals surface area contributed by atoms with Gasteiger partial charge in [-0.25, -0.2) is 4.79 Å². The van der Waals surface area contributed by atoms with Gasteiger partial charge in [0.25, 0.3) is 0 Å². The molecule has 5 rings (SSSR count). The van der Waals surface area contributed by atoms with Gasteiger partial charge in [0.05, 0.1) is 0 Å². The number of carbonyl (C=O) groups excluding carboxylic acids is 1. The first-order valence-electron chi connectivity index (χ1n) is 12.1.